The SMILES string of the molecule is CCOc1ccc(C(c2ccc(C[C@H](N)C(=O)[OH2+])cc2)c2cc([C@@H]3O[C@H](CO)[C@@H](O)[C@H](O)[C@H]3O)ccc2Cl)cc1. The van der Waals surface area contributed by atoms with Crippen LogP contribution in [0, 0.1) is 0 Å². The lowest BCUT2D eigenvalue weighted by Crippen LogP contribution is -2.55. The Kier molecular flexibility index (Phi) is 9.81. The minimum atomic E-state index is -1.51. The van der Waals surface area contributed by atoms with Crippen molar-refractivity contribution in [2.75, 3.05) is 13.2 Å². The average Bonchev–Trinajstić information content (AvgIpc) is 2.95. The lowest BCUT2D eigenvalue weighted by molar-refractivity contribution is -0.231. The van der Waals surface area contributed by atoms with Crippen LogP contribution in [-0.4, -0.2) is 75.2 Å². The van der Waals surface area contributed by atoms with Crippen molar-refractivity contribution in [2.45, 2.75) is 55.8 Å². The van der Waals surface area contributed by atoms with E-state index in [9.17, 15) is 25.2 Å². The van der Waals surface area contributed by atoms with Crippen LogP contribution in [0.1, 0.15) is 46.8 Å². The molecule has 1 unspecified atom stereocenters. The molecule has 8 N–H and O–H groups in total. The Morgan fingerprint density at radius 1 is 1.00 bits per heavy atom. The summed E-state index contributed by atoms with van der Waals surface area (Å²) in [5.74, 6) is -0.475. The van der Waals surface area contributed by atoms with E-state index in [1.54, 1.807) is 18.2 Å². The van der Waals surface area contributed by atoms with E-state index in [-0.39, 0.29) is 12.3 Å². The Hall–Kier alpha value is -3.02. The van der Waals surface area contributed by atoms with Crippen molar-refractivity contribution in [3.05, 3.63) is 99.6 Å². The van der Waals surface area contributed by atoms with Crippen molar-refractivity contribution in [1.82, 2.24) is 0 Å². The molecule has 1 saturated heterocycles. The molecule has 0 aliphatic carbocycles. The van der Waals surface area contributed by atoms with E-state index >= 15 is 0 Å². The summed E-state index contributed by atoms with van der Waals surface area (Å²) in [5, 5.41) is 48.6. The summed E-state index contributed by atoms with van der Waals surface area (Å²) in [6.45, 7) is 1.90. The maximum Gasteiger partial charge on any atom is 0.533 e. The lowest BCUT2D eigenvalue weighted by Gasteiger charge is -2.40. The summed E-state index contributed by atoms with van der Waals surface area (Å²) in [6, 6.07) is 19.4. The van der Waals surface area contributed by atoms with Crippen LogP contribution >= 0.6 is 11.6 Å². The molecule has 9 nitrogen and oxygen atoms in total. The Morgan fingerprint density at radius 2 is 1.62 bits per heavy atom. The van der Waals surface area contributed by atoms with E-state index in [0.717, 1.165) is 22.4 Å². The molecule has 214 valence electrons. The van der Waals surface area contributed by atoms with Crippen molar-refractivity contribution >= 4 is 17.6 Å². The average molecular weight is 573 g/mol. The molecular formula is C30H35ClNO8+. The molecule has 4 rings (SSSR count). The summed E-state index contributed by atoms with van der Waals surface area (Å²) < 4.78 is 11.4. The fourth-order valence-electron chi connectivity index (χ4n) is 5.01. The molecule has 0 bridgehead atoms. The molecule has 3 aromatic rings. The molecule has 40 heavy (non-hydrogen) atoms. The van der Waals surface area contributed by atoms with Crippen molar-refractivity contribution in [2.24, 2.45) is 5.73 Å². The number of nitrogens with two attached hydrogens (primary N) is 1. The van der Waals surface area contributed by atoms with E-state index in [2.05, 4.69) is 0 Å². The van der Waals surface area contributed by atoms with E-state index in [1.807, 2.05) is 55.5 Å². The molecule has 0 radical (unpaired) electrons. The van der Waals surface area contributed by atoms with Gasteiger partial charge in [0.2, 0.25) is 0 Å². The first-order valence-electron chi connectivity index (χ1n) is 13.1. The molecule has 1 fully saturated rings. The quantitative estimate of drug-likeness (QED) is 0.180. The van der Waals surface area contributed by atoms with Crippen LogP contribution in [0.4, 0.5) is 0 Å². The topological polar surface area (TPSA) is 165 Å². The number of halogens is 1. The largest absolute Gasteiger partial charge is 0.564 e. The van der Waals surface area contributed by atoms with Crippen molar-refractivity contribution in [3.63, 3.8) is 0 Å². The van der Waals surface area contributed by atoms with Gasteiger partial charge in [-0.1, -0.05) is 60.1 Å². The lowest BCUT2D eigenvalue weighted by atomic mass is 9.82. The molecule has 1 aliphatic heterocycles. The number of carbonyl (C=O) groups is 1. The van der Waals surface area contributed by atoms with Gasteiger partial charge in [-0.15, -0.1) is 0 Å². The molecule has 1 aliphatic rings. The molecule has 3 aromatic carbocycles. The maximum absolute atomic E-state index is 11.3. The van der Waals surface area contributed by atoms with Crippen LogP contribution in [0.25, 0.3) is 0 Å². The zero-order valence-electron chi connectivity index (χ0n) is 22.0. The van der Waals surface area contributed by atoms with Gasteiger partial charge >= 0.3 is 5.97 Å². The summed E-state index contributed by atoms with van der Waals surface area (Å²) in [4.78, 5) is 11.3. The van der Waals surface area contributed by atoms with Gasteiger partial charge in [-0.2, -0.15) is 0 Å². The fourth-order valence-corrected chi connectivity index (χ4v) is 5.23. The smallest absolute Gasteiger partial charge is 0.533 e. The van der Waals surface area contributed by atoms with Crippen LogP contribution in [-0.2, 0) is 16.0 Å². The van der Waals surface area contributed by atoms with E-state index in [4.69, 9.17) is 31.9 Å². The monoisotopic (exact) mass is 572 g/mol. The molecule has 0 aromatic heterocycles. The number of aliphatic hydroxyl groups excluding tert-OH is 4. The molecule has 0 spiro atoms. The van der Waals surface area contributed by atoms with E-state index in [1.165, 1.54) is 0 Å². The van der Waals surface area contributed by atoms with Gasteiger partial charge in [-0.3, -0.25) is 0 Å². The highest BCUT2D eigenvalue weighted by Gasteiger charge is 2.44. The molecule has 10 heteroatoms. The second-order valence-corrected chi connectivity index (χ2v) is 10.3. The van der Waals surface area contributed by atoms with E-state index < -0.39 is 49.1 Å². The normalized spacial score (nSPS) is 24.3. The summed E-state index contributed by atoms with van der Waals surface area (Å²) in [5.41, 5.74) is 9.59. The second-order valence-electron chi connectivity index (χ2n) is 9.88. The molecule has 0 amide bonds. The molecule has 7 atom stereocenters. The third-order valence-electron chi connectivity index (χ3n) is 7.18. The Balaban J connectivity index is 1.76. The minimum Gasteiger partial charge on any atom is -0.564 e. The van der Waals surface area contributed by atoms with Gasteiger partial charge in [-0.05, 0) is 52.9 Å². The number of ether oxygens (including phenoxy) is 2. The fraction of sp³-hybridized carbons (Fsp3) is 0.367. The number of hydrogen-bond acceptors (Lipinski definition) is 8. The van der Waals surface area contributed by atoms with Crippen LogP contribution in [0.5, 0.6) is 5.75 Å². The van der Waals surface area contributed by atoms with Gasteiger partial charge in [0.05, 0.1) is 13.2 Å². The Labute approximate surface area is 237 Å². The minimum absolute atomic E-state index is 0.240. The first-order valence-corrected chi connectivity index (χ1v) is 13.4. The van der Waals surface area contributed by atoms with Gasteiger partial charge in [-0.25, -0.2) is 0 Å². The summed E-state index contributed by atoms with van der Waals surface area (Å²) in [6.07, 6.45) is -6.22. The van der Waals surface area contributed by atoms with Crippen molar-refractivity contribution in [3.8, 4) is 5.75 Å². The standard InChI is InChI=1S/C30H34ClNO8/c1-2-39-20-10-7-18(8-11-20)25(17-5-3-16(4-6-17)13-23(32)30(37)38)21-14-19(9-12-22(21)31)29-28(36)27(35)26(34)24(15-33)40-29/h3-12,14,23-29,33-36H,2,13,15,32H2,1H3,(H,37,38)/p+1/t23-,24+,25?,26+,27-,28+,29-/m0/s1. The van der Waals surface area contributed by atoms with Crippen molar-refractivity contribution < 1.29 is 39.8 Å². The first kappa shape index (κ1) is 30.0. The zero-order chi connectivity index (χ0) is 29.0. The Bertz CT molecular complexity index is 1280. The highest BCUT2D eigenvalue weighted by Crippen LogP contribution is 2.40. The predicted molar refractivity (Wildman–Crippen MR) is 149 cm³/mol. The maximum atomic E-state index is 11.3. The van der Waals surface area contributed by atoms with Crippen LogP contribution in [0.3, 0.4) is 0 Å². The van der Waals surface area contributed by atoms with Crippen molar-refractivity contribution in [1.29, 1.82) is 0 Å². The molecular weight excluding hydrogens is 538 g/mol. The highest BCUT2D eigenvalue weighted by atomic mass is 35.5. The van der Waals surface area contributed by atoms with Gasteiger partial charge in [0, 0.05) is 22.2 Å². The predicted octanol–water partition coefficient (Wildman–Crippen LogP) is 1.55. The number of hydrogen-bond donors (Lipinski definition) is 5. The number of aliphatic hydroxyl groups is 4. The van der Waals surface area contributed by atoms with Gasteiger partial charge in [0.25, 0.3) is 0 Å². The molecule has 0 saturated carbocycles. The zero-order valence-corrected chi connectivity index (χ0v) is 22.7. The van der Waals surface area contributed by atoms with Crippen LogP contribution in [0.2, 0.25) is 5.02 Å². The third kappa shape index (κ3) is 6.47. The number of benzene rings is 3. The third-order valence-corrected chi connectivity index (χ3v) is 7.53. The second kappa shape index (κ2) is 13.1. The summed E-state index contributed by atoms with van der Waals surface area (Å²) >= 11 is 6.76. The van der Waals surface area contributed by atoms with Gasteiger partial charge in [0.1, 0.15) is 36.3 Å². The van der Waals surface area contributed by atoms with Gasteiger partial charge in [0.15, 0.2) is 6.04 Å². The highest BCUT2D eigenvalue weighted by molar-refractivity contribution is 6.31. The molecule has 1 heterocycles. The first-order chi connectivity index (χ1) is 19.1. The van der Waals surface area contributed by atoms with E-state index in [0.29, 0.717) is 22.8 Å². The Morgan fingerprint density at radius 3 is 2.20 bits per heavy atom. The van der Waals surface area contributed by atoms with Crippen LogP contribution in [0.15, 0.2) is 66.7 Å². The number of carbonyl (C=O) groups excluding carboxylic acids is 1. The van der Waals surface area contributed by atoms with Crippen LogP contribution < -0.4 is 10.5 Å². The van der Waals surface area contributed by atoms with Gasteiger partial charge < -0.3 is 40.7 Å². The summed E-state index contributed by atoms with van der Waals surface area (Å²) in [7, 11) is 0. The number of rotatable bonds is 10.